The van der Waals surface area contributed by atoms with Crippen molar-refractivity contribution in [3.63, 3.8) is 0 Å². The van der Waals surface area contributed by atoms with Gasteiger partial charge in [-0.25, -0.2) is 8.78 Å². The van der Waals surface area contributed by atoms with Crippen molar-refractivity contribution in [2.24, 2.45) is 25.9 Å². The van der Waals surface area contributed by atoms with E-state index in [4.69, 9.17) is 0 Å². The molecule has 0 aliphatic heterocycles. The number of carboxylic acids is 1. The normalized spacial score (nSPS) is 12.7. The number of nitrogens with one attached hydrogen (secondary N) is 2. The summed E-state index contributed by atoms with van der Waals surface area (Å²) in [5.74, 6) is -7.14. The van der Waals surface area contributed by atoms with E-state index in [0.29, 0.717) is 16.6 Å². The van der Waals surface area contributed by atoms with Gasteiger partial charge in [0.25, 0.3) is 5.56 Å². The number of benzene rings is 2. The fourth-order valence-corrected chi connectivity index (χ4v) is 4.89. The molecule has 3 N–H and O–H groups in total. The van der Waals surface area contributed by atoms with Gasteiger partial charge < -0.3 is 20.3 Å². The van der Waals surface area contributed by atoms with E-state index in [-0.39, 0.29) is 23.6 Å². The van der Waals surface area contributed by atoms with Gasteiger partial charge in [-0.1, -0.05) is 32.0 Å². The molecule has 0 radical (unpaired) electrons. The first kappa shape index (κ1) is 30.1. The Morgan fingerprint density at radius 3 is 2.43 bits per heavy atom. The summed E-state index contributed by atoms with van der Waals surface area (Å²) in [5, 5.41) is 19.6. The van der Waals surface area contributed by atoms with E-state index in [1.54, 1.807) is 51.2 Å². The van der Waals surface area contributed by atoms with Gasteiger partial charge in [0.05, 0.1) is 23.7 Å². The number of rotatable bonds is 10. The Morgan fingerprint density at radius 1 is 1.02 bits per heavy atom. The molecule has 10 nitrogen and oxygen atoms in total. The second kappa shape index (κ2) is 12.3. The molecule has 2 aromatic heterocycles. The molecule has 2 heterocycles. The Labute approximate surface area is 240 Å². The first-order valence-electron chi connectivity index (χ1n) is 13.3. The topological polar surface area (TPSA) is 135 Å². The molecule has 4 rings (SSSR count). The van der Waals surface area contributed by atoms with E-state index in [1.165, 1.54) is 34.6 Å². The van der Waals surface area contributed by atoms with Crippen LogP contribution < -0.4 is 16.2 Å². The molecule has 0 saturated heterocycles. The van der Waals surface area contributed by atoms with Crippen LogP contribution in [0.2, 0.25) is 0 Å². The quantitative estimate of drug-likeness (QED) is 0.242. The summed E-state index contributed by atoms with van der Waals surface area (Å²) >= 11 is 0. The molecular weight excluding hydrogens is 548 g/mol. The average Bonchev–Trinajstić information content (AvgIpc) is 3.26. The Morgan fingerprint density at radius 2 is 1.74 bits per heavy atom. The first-order valence-corrected chi connectivity index (χ1v) is 13.3. The number of carboxylic acid groups (broad SMARTS) is 1. The summed E-state index contributed by atoms with van der Waals surface area (Å²) in [6.45, 7) is 3.56. The third kappa shape index (κ3) is 6.37. The fourth-order valence-electron chi connectivity index (χ4n) is 4.89. The zero-order valence-electron chi connectivity index (χ0n) is 23.5. The predicted octanol–water partition coefficient (Wildman–Crippen LogP) is 4.15. The molecule has 0 saturated carbocycles. The summed E-state index contributed by atoms with van der Waals surface area (Å²) in [4.78, 5) is 50.9. The maximum absolute atomic E-state index is 15.3. The molecule has 2 amide bonds. The van der Waals surface area contributed by atoms with Crippen LogP contribution in [0.1, 0.15) is 38.3 Å². The number of carbonyl (C=O) groups excluding carboxylic acids is 2. The summed E-state index contributed by atoms with van der Waals surface area (Å²) in [6, 6.07) is 10.8. The van der Waals surface area contributed by atoms with E-state index in [0.717, 1.165) is 6.07 Å². The van der Waals surface area contributed by atoms with Crippen molar-refractivity contribution in [2.75, 3.05) is 5.32 Å². The van der Waals surface area contributed by atoms with Gasteiger partial charge in [-0.2, -0.15) is 5.10 Å². The lowest BCUT2D eigenvalue weighted by Gasteiger charge is -2.24. The molecule has 2 atom stereocenters. The van der Waals surface area contributed by atoms with Gasteiger partial charge in [0.2, 0.25) is 11.8 Å². The molecule has 0 aliphatic rings. The monoisotopic (exact) mass is 579 g/mol. The highest BCUT2D eigenvalue weighted by Gasteiger charge is 2.32. The summed E-state index contributed by atoms with van der Waals surface area (Å²) in [6.07, 6.45) is 0.762. The van der Waals surface area contributed by atoms with Crippen LogP contribution in [0.15, 0.2) is 59.5 Å². The number of nitrogens with zero attached hydrogens (tertiary/aromatic N) is 3. The number of anilines is 1. The van der Waals surface area contributed by atoms with E-state index in [1.807, 2.05) is 0 Å². The number of hydrogen-bond donors (Lipinski definition) is 3. The van der Waals surface area contributed by atoms with Gasteiger partial charge in [-0.3, -0.25) is 23.9 Å². The maximum atomic E-state index is 15.3. The van der Waals surface area contributed by atoms with Gasteiger partial charge in [0, 0.05) is 36.8 Å². The van der Waals surface area contributed by atoms with Gasteiger partial charge >= 0.3 is 5.97 Å². The average molecular weight is 580 g/mol. The number of halogens is 2. The molecule has 220 valence electrons. The largest absolute Gasteiger partial charge is 0.481 e. The van der Waals surface area contributed by atoms with Gasteiger partial charge in [0.1, 0.15) is 11.6 Å². The van der Waals surface area contributed by atoms with Crippen LogP contribution in [0, 0.1) is 23.5 Å². The standard InChI is InChI=1S/C30H31F2N5O5/c1-16(2)12-20(28(40)33-23-10-7-11-36(3)30(23)42)29(41)34-24(15-25(38)39)19-13-17(14-21(31)26(19)32)27-18-8-5-6-9-22(18)35-37(27)4/h5-11,13-14,16,20,24H,12,15H2,1-4H3,(H,33,40)(H,34,41)(H,38,39)/t20-,24+/m1/s1. The second-order valence-electron chi connectivity index (χ2n) is 10.5. The molecule has 0 spiro atoms. The number of pyridine rings is 1. The Balaban J connectivity index is 1.72. The minimum atomic E-state index is -1.52. The van der Waals surface area contributed by atoms with Crippen LogP contribution in [-0.2, 0) is 28.5 Å². The number of hydrogen-bond acceptors (Lipinski definition) is 5. The Hall–Kier alpha value is -4.87. The van der Waals surface area contributed by atoms with Gasteiger partial charge in [-0.15, -0.1) is 0 Å². The number of fused-ring (bicyclic) bond motifs is 1. The SMILES string of the molecule is CC(C)C[C@H](C(=O)Nc1cccn(C)c1=O)C(=O)N[C@@H](CC(=O)O)c1cc(-c2c3ccccc3nn2C)cc(F)c1F. The minimum absolute atomic E-state index is 0.0436. The highest BCUT2D eigenvalue weighted by molar-refractivity contribution is 6.06. The molecule has 0 unspecified atom stereocenters. The number of aryl methyl sites for hydroxylation is 2. The first-order chi connectivity index (χ1) is 19.9. The lowest BCUT2D eigenvalue weighted by Crippen LogP contribution is -2.42. The highest BCUT2D eigenvalue weighted by Crippen LogP contribution is 2.33. The lowest BCUT2D eigenvalue weighted by molar-refractivity contribution is -0.138. The van der Waals surface area contributed by atoms with Crippen molar-refractivity contribution in [1.82, 2.24) is 19.7 Å². The summed E-state index contributed by atoms with van der Waals surface area (Å²) in [5.41, 5.74) is 0.376. The highest BCUT2D eigenvalue weighted by atomic mass is 19.2. The number of aromatic nitrogens is 3. The molecule has 0 fully saturated rings. The van der Waals surface area contributed by atoms with Crippen LogP contribution in [0.4, 0.5) is 14.5 Å². The van der Waals surface area contributed by atoms with Crippen molar-refractivity contribution in [1.29, 1.82) is 0 Å². The zero-order chi connectivity index (χ0) is 30.7. The second-order valence-corrected chi connectivity index (χ2v) is 10.5. The Kier molecular flexibility index (Phi) is 8.84. The number of aliphatic carboxylic acids is 1. The predicted molar refractivity (Wildman–Crippen MR) is 152 cm³/mol. The molecule has 42 heavy (non-hydrogen) atoms. The van der Waals surface area contributed by atoms with Crippen molar-refractivity contribution >= 4 is 34.4 Å². The molecule has 0 bridgehead atoms. The molecule has 2 aromatic carbocycles. The zero-order valence-corrected chi connectivity index (χ0v) is 23.5. The summed E-state index contributed by atoms with van der Waals surface area (Å²) in [7, 11) is 3.14. The van der Waals surface area contributed by atoms with E-state index >= 15 is 8.78 Å². The minimum Gasteiger partial charge on any atom is -0.481 e. The molecular formula is C30H31F2N5O5. The van der Waals surface area contributed by atoms with Gasteiger partial charge in [-0.05, 0) is 42.7 Å². The number of carbonyl (C=O) groups is 3. The smallest absolute Gasteiger partial charge is 0.305 e. The van der Waals surface area contributed by atoms with Crippen molar-refractivity contribution in [3.05, 3.63) is 82.3 Å². The fraction of sp³-hybridized carbons (Fsp3) is 0.300. The Bertz CT molecular complexity index is 1730. The molecule has 0 aliphatic carbocycles. The van der Waals surface area contributed by atoms with Crippen molar-refractivity contribution in [2.45, 2.75) is 32.7 Å². The van der Waals surface area contributed by atoms with E-state index in [9.17, 15) is 24.3 Å². The number of amides is 2. The van der Waals surface area contributed by atoms with Crippen LogP contribution in [0.25, 0.3) is 22.2 Å². The van der Waals surface area contributed by atoms with Gasteiger partial charge in [0.15, 0.2) is 11.6 Å². The van der Waals surface area contributed by atoms with Crippen LogP contribution in [0.5, 0.6) is 0 Å². The maximum Gasteiger partial charge on any atom is 0.305 e. The van der Waals surface area contributed by atoms with Crippen LogP contribution >= 0.6 is 0 Å². The van der Waals surface area contributed by atoms with E-state index < -0.39 is 58.9 Å². The molecule has 12 heteroatoms. The van der Waals surface area contributed by atoms with Crippen LogP contribution in [0.3, 0.4) is 0 Å². The van der Waals surface area contributed by atoms with Crippen LogP contribution in [-0.4, -0.2) is 37.2 Å². The van der Waals surface area contributed by atoms with Crippen molar-refractivity contribution < 1.29 is 28.3 Å². The third-order valence-electron chi connectivity index (χ3n) is 6.86. The lowest BCUT2D eigenvalue weighted by atomic mass is 9.93. The van der Waals surface area contributed by atoms with Crippen molar-refractivity contribution in [3.8, 4) is 11.3 Å². The third-order valence-corrected chi connectivity index (χ3v) is 6.86. The summed E-state index contributed by atoms with van der Waals surface area (Å²) < 4.78 is 33.0. The molecule has 4 aromatic rings. The van der Waals surface area contributed by atoms with E-state index in [2.05, 4.69) is 15.7 Å².